The first kappa shape index (κ1) is 14.4. The van der Waals surface area contributed by atoms with Crippen LogP contribution in [0.15, 0.2) is 18.2 Å². The van der Waals surface area contributed by atoms with Crippen molar-refractivity contribution < 1.29 is 19.2 Å². The van der Waals surface area contributed by atoms with E-state index in [-0.39, 0.29) is 24.8 Å². The molecule has 0 saturated heterocycles. The molecule has 0 atom stereocenters. The average Bonchev–Trinajstić information content (AvgIpc) is 2.34. The predicted molar refractivity (Wildman–Crippen MR) is 68.8 cm³/mol. The number of carbonyl (C=O) groups excluding carboxylic acids is 1. The van der Waals surface area contributed by atoms with Crippen LogP contribution in [0.3, 0.4) is 0 Å². The molecular weight excluding hydrogens is 267 g/mol. The maximum absolute atomic E-state index is 13.5. The Balaban J connectivity index is 2.22. The summed E-state index contributed by atoms with van der Waals surface area (Å²) in [5.41, 5.74) is -0.590. The molecule has 1 saturated carbocycles. The van der Waals surface area contributed by atoms with Gasteiger partial charge in [0.1, 0.15) is 0 Å². The van der Waals surface area contributed by atoms with E-state index in [1.54, 1.807) is 0 Å². The third-order valence-corrected chi connectivity index (χ3v) is 3.51. The highest BCUT2D eigenvalue weighted by Gasteiger charge is 2.29. The van der Waals surface area contributed by atoms with Gasteiger partial charge in [0.25, 0.3) is 5.91 Å². The molecule has 2 rings (SSSR count). The highest BCUT2D eigenvalue weighted by atomic mass is 19.1. The van der Waals surface area contributed by atoms with Gasteiger partial charge in [-0.05, 0) is 31.4 Å². The molecule has 1 aromatic carbocycles. The molecule has 1 fully saturated rings. The second-order valence-corrected chi connectivity index (χ2v) is 4.73. The minimum absolute atomic E-state index is 0.0629. The van der Waals surface area contributed by atoms with E-state index in [4.69, 9.17) is 5.11 Å². The van der Waals surface area contributed by atoms with Gasteiger partial charge in [-0.25, -0.2) is 0 Å². The molecule has 6 nitrogen and oxygen atoms in total. The summed E-state index contributed by atoms with van der Waals surface area (Å²) in [6.07, 6.45) is 2.75. The highest BCUT2D eigenvalue weighted by molar-refractivity contribution is 5.94. The maximum Gasteiger partial charge on any atom is 0.304 e. The zero-order valence-electron chi connectivity index (χ0n) is 10.8. The van der Waals surface area contributed by atoms with E-state index in [1.165, 1.54) is 11.0 Å². The number of aliphatic hydroxyl groups excluding tert-OH is 1. The van der Waals surface area contributed by atoms with Crippen LogP contribution in [0.4, 0.5) is 10.1 Å². The second-order valence-electron chi connectivity index (χ2n) is 4.73. The number of carbonyl (C=O) groups is 1. The topological polar surface area (TPSA) is 83.7 Å². The standard InChI is InChI=1S/C13H15FN2O4/c14-11-8-9(4-5-12(11)16(19)20)13(18)15(6-7-17)10-2-1-3-10/h4-5,8,10,17H,1-3,6-7H2. The van der Waals surface area contributed by atoms with Gasteiger partial charge in [-0.3, -0.25) is 14.9 Å². The number of benzene rings is 1. The monoisotopic (exact) mass is 282 g/mol. The summed E-state index contributed by atoms with van der Waals surface area (Å²) in [7, 11) is 0. The lowest BCUT2D eigenvalue weighted by Gasteiger charge is -2.37. The van der Waals surface area contributed by atoms with Crippen molar-refractivity contribution in [2.75, 3.05) is 13.2 Å². The van der Waals surface area contributed by atoms with Crippen molar-refractivity contribution in [2.45, 2.75) is 25.3 Å². The van der Waals surface area contributed by atoms with Gasteiger partial charge in [0.2, 0.25) is 5.82 Å². The summed E-state index contributed by atoms with van der Waals surface area (Å²) in [4.78, 5) is 23.5. The third kappa shape index (κ3) is 2.77. The van der Waals surface area contributed by atoms with Crippen LogP contribution in [0, 0.1) is 15.9 Å². The van der Waals surface area contributed by atoms with Gasteiger partial charge in [-0.15, -0.1) is 0 Å². The van der Waals surface area contributed by atoms with E-state index in [0.29, 0.717) is 0 Å². The van der Waals surface area contributed by atoms with Gasteiger partial charge in [0.05, 0.1) is 11.5 Å². The number of rotatable bonds is 5. The van der Waals surface area contributed by atoms with Crippen LogP contribution in [0.2, 0.25) is 0 Å². The molecule has 7 heteroatoms. The zero-order valence-corrected chi connectivity index (χ0v) is 10.8. The minimum atomic E-state index is -1.03. The van der Waals surface area contributed by atoms with Crippen molar-refractivity contribution >= 4 is 11.6 Å². The largest absolute Gasteiger partial charge is 0.395 e. The summed E-state index contributed by atoms with van der Waals surface area (Å²) < 4.78 is 13.5. The fraction of sp³-hybridized carbons (Fsp3) is 0.462. The molecule has 0 aliphatic heterocycles. The van der Waals surface area contributed by atoms with Crippen molar-refractivity contribution in [2.24, 2.45) is 0 Å². The number of halogens is 1. The SMILES string of the molecule is O=C(c1ccc([N+](=O)[O-])c(F)c1)N(CCO)C1CCC1. The predicted octanol–water partition coefficient (Wildman–Crippen LogP) is 1.72. The maximum atomic E-state index is 13.5. The lowest BCUT2D eigenvalue weighted by atomic mass is 9.91. The Kier molecular flexibility index (Phi) is 4.29. The van der Waals surface area contributed by atoms with E-state index >= 15 is 0 Å². The van der Waals surface area contributed by atoms with Gasteiger partial charge >= 0.3 is 5.69 Å². The van der Waals surface area contributed by atoms with Crippen LogP contribution in [0.1, 0.15) is 29.6 Å². The van der Waals surface area contributed by atoms with Gasteiger partial charge in [0, 0.05) is 24.2 Å². The summed E-state index contributed by atoms with van der Waals surface area (Å²) in [6, 6.07) is 3.17. The molecule has 1 N–H and O–H groups in total. The molecule has 0 bridgehead atoms. The number of nitrogens with zero attached hydrogens (tertiary/aromatic N) is 2. The zero-order chi connectivity index (χ0) is 14.7. The summed E-state index contributed by atoms with van der Waals surface area (Å²) in [6.45, 7) is 0.0137. The number of hydrogen-bond acceptors (Lipinski definition) is 4. The Morgan fingerprint density at radius 1 is 1.50 bits per heavy atom. The Morgan fingerprint density at radius 2 is 2.20 bits per heavy atom. The molecule has 1 amide bonds. The Bertz CT molecular complexity index is 531. The molecule has 0 unspecified atom stereocenters. The van der Waals surface area contributed by atoms with Crippen molar-refractivity contribution in [1.82, 2.24) is 4.90 Å². The Hall–Kier alpha value is -2.02. The van der Waals surface area contributed by atoms with E-state index in [0.717, 1.165) is 31.4 Å². The first-order valence-corrected chi connectivity index (χ1v) is 6.40. The van der Waals surface area contributed by atoms with Crippen LogP contribution in [0.5, 0.6) is 0 Å². The number of nitro benzene ring substituents is 1. The van der Waals surface area contributed by atoms with E-state index in [9.17, 15) is 19.3 Å². The van der Waals surface area contributed by atoms with Gasteiger partial charge in [0.15, 0.2) is 0 Å². The molecule has 1 aliphatic carbocycles. The van der Waals surface area contributed by atoms with E-state index < -0.39 is 22.3 Å². The fourth-order valence-corrected chi connectivity index (χ4v) is 2.21. The fourth-order valence-electron chi connectivity index (χ4n) is 2.21. The highest BCUT2D eigenvalue weighted by Crippen LogP contribution is 2.27. The van der Waals surface area contributed by atoms with Crippen molar-refractivity contribution in [3.8, 4) is 0 Å². The van der Waals surface area contributed by atoms with Crippen LogP contribution < -0.4 is 0 Å². The molecule has 0 radical (unpaired) electrons. The first-order chi connectivity index (χ1) is 9.54. The third-order valence-electron chi connectivity index (χ3n) is 3.51. The molecule has 20 heavy (non-hydrogen) atoms. The number of aliphatic hydroxyl groups is 1. The van der Waals surface area contributed by atoms with Crippen molar-refractivity contribution in [3.63, 3.8) is 0 Å². The average molecular weight is 282 g/mol. The quantitative estimate of drug-likeness (QED) is 0.658. The Morgan fingerprint density at radius 3 is 2.65 bits per heavy atom. The van der Waals surface area contributed by atoms with E-state index in [1.807, 2.05) is 0 Å². The summed E-state index contributed by atoms with van der Waals surface area (Å²) >= 11 is 0. The smallest absolute Gasteiger partial charge is 0.304 e. The van der Waals surface area contributed by atoms with Gasteiger partial charge < -0.3 is 10.0 Å². The lowest BCUT2D eigenvalue weighted by Crippen LogP contribution is -2.45. The van der Waals surface area contributed by atoms with Crippen LogP contribution in [0.25, 0.3) is 0 Å². The summed E-state index contributed by atoms with van der Waals surface area (Å²) in [5, 5.41) is 19.6. The number of hydrogen-bond donors (Lipinski definition) is 1. The van der Waals surface area contributed by atoms with Crippen molar-refractivity contribution in [3.05, 3.63) is 39.7 Å². The Labute approximate surface area is 115 Å². The lowest BCUT2D eigenvalue weighted by molar-refractivity contribution is -0.387. The first-order valence-electron chi connectivity index (χ1n) is 6.40. The van der Waals surface area contributed by atoms with Crippen molar-refractivity contribution in [1.29, 1.82) is 0 Å². The molecular formula is C13H15FN2O4. The minimum Gasteiger partial charge on any atom is -0.395 e. The van der Waals surface area contributed by atoms with E-state index in [2.05, 4.69) is 0 Å². The number of nitro groups is 1. The molecule has 108 valence electrons. The van der Waals surface area contributed by atoms with Crippen LogP contribution in [-0.2, 0) is 0 Å². The summed E-state index contributed by atoms with van der Waals surface area (Å²) in [5.74, 6) is -1.43. The second kappa shape index (κ2) is 5.96. The molecule has 0 heterocycles. The molecule has 1 aromatic rings. The van der Waals surface area contributed by atoms with Crippen LogP contribution >= 0.6 is 0 Å². The molecule has 1 aliphatic rings. The molecule has 0 spiro atoms. The normalized spacial score (nSPS) is 14.7. The van der Waals surface area contributed by atoms with Crippen LogP contribution in [-0.4, -0.2) is 40.0 Å². The van der Waals surface area contributed by atoms with Gasteiger partial charge in [-0.1, -0.05) is 0 Å². The van der Waals surface area contributed by atoms with Gasteiger partial charge in [-0.2, -0.15) is 4.39 Å². The molecule has 0 aromatic heterocycles. The number of amides is 1.